The van der Waals surface area contributed by atoms with Crippen LogP contribution < -0.4 is 14.4 Å². The molecular weight excluding hydrogens is 244 g/mol. The Balaban J connectivity index is 2.30. The first kappa shape index (κ1) is 12.2. The molecule has 1 atom stereocenters. The first-order chi connectivity index (χ1) is 8.28. The first-order valence-electron chi connectivity index (χ1n) is 5.45. The molecule has 0 aliphatic carbocycles. The van der Waals surface area contributed by atoms with Crippen molar-refractivity contribution in [3.63, 3.8) is 0 Å². The van der Waals surface area contributed by atoms with E-state index in [1.54, 1.807) is 0 Å². The number of ether oxygens (including phenoxy) is 2. The summed E-state index contributed by atoms with van der Waals surface area (Å²) in [4.78, 5) is 14.5. The quantitative estimate of drug-likeness (QED) is 0.754. The van der Waals surface area contributed by atoms with Gasteiger partial charge in [0, 0.05) is 18.5 Å². The molecule has 0 aromatic carbocycles. The fourth-order valence-corrected chi connectivity index (χ4v) is 2.22. The molecule has 2 heterocycles. The molecule has 0 spiro atoms. The van der Waals surface area contributed by atoms with Gasteiger partial charge in [0.15, 0.2) is 0 Å². The number of anilines is 1. The highest BCUT2D eigenvalue weighted by molar-refractivity contribution is 6.18. The summed E-state index contributed by atoms with van der Waals surface area (Å²) in [6.45, 7) is 0.897. The van der Waals surface area contributed by atoms with Crippen LogP contribution >= 0.6 is 11.6 Å². The van der Waals surface area contributed by atoms with Crippen LogP contribution in [0.1, 0.15) is 12.8 Å². The highest BCUT2D eigenvalue weighted by atomic mass is 35.5. The van der Waals surface area contributed by atoms with Crippen molar-refractivity contribution in [3.8, 4) is 12.0 Å². The topological polar surface area (TPSA) is 60.4 Å². The van der Waals surface area contributed by atoms with Crippen molar-refractivity contribution in [2.45, 2.75) is 18.9 Å². The van der Waals surface area contributed by atoms with Gasteiger partial charge in [0.1, 0.15) is 0 Å². The lowest BCUT2D eigenvalue weighted by Crippen LogP contribution is -2.32. The van der Waals surface area contributed by atoms with Crippen LogP contribution in [0.4, 0.5) is 5.95 Å². The van der Waals surface area contributed by atoms with Crippen molar-refractivity contribution < 1.29 is 9.47 Å². The summed E-state index contributed by atoms with van der Waals surface area (Å²) in [6.07, 6.45) is 2.15. The Morgan fingerprint density at radius 3 is 2.41 bits per heavy atom. The smallest absolute Gasteiger partial charge is 0.324 e. The van der Waals surface area contributed by atoms with Crippen LogP contribution in [0.25, 0.3) is 0 Å². The number of alkyl halides is 1. The van der Waals surface area contributed by atoms with Crippen LogP contribution in [0.5, 0.6) is 12.0 Å². The van der Waals surface area contributed by atoms with E-state index in [-0.39, 0.29) is 18.1 Å². The first-order valence-corrected chi connectivity index (χ1v) is 5.98. The summed E-state index contributed by atoms with van der Waals surface area (Å²) in [6, 6.07) is 0.785. The Hall–Kier alpha value is -1.30. The number of methoxy groups -OCH3 is 2. The maximum Gasteiger partial charge on any atom is 0.324 e. The third-order valence-electron chi connectivity index (χ3n) is 2.76. The van der Waals surface area contributed by atoms with Crippen molar-refractivity contribution in [1.82, 2.24) is 15.0 Å². The van der Waals surface area contributed by atoms with Gasteiger partial charge in [-0.25, -0.2) is 0 Å². The number of hydrogen-bond donors (Lipinski definition) is 0. The Labute approximate surface area is 105 Å². The molecule has 1 aromatic rings. The van der Waals surface area contributed by atoms with Gasteiger partial charge in [-0.15, -0.1) is 16.6 Å². The summed E-state index contributed by atoms with van der Waals surface area (Å²) in [7, 11) is 3.03. The average molecular weight is 259 g/mol. The molecule has 0 bridgehead atoms. The lowest BCUT2D eigenvalue weighted by atomic mass is 10.2. The number of aromatic nitrogens is 3. The lowest BCUT2D eigenvalue weighted by molar-refractivity contribution is 0.339. The van der Waals surface area contributed by atoms with Crippen molar-refractivity contribution in [2.75, 3.05) is 31.5 Å². The van der Waals surface area contributed by atoms with E-state index in [1.807, 2.05) is 0 Å². The van der Waals surface area contributed by atoms with E-state index in [0.717, 1.165) is 19.4 Å². The predicted molar refractivity (Wildman–Crippen MR) is 64.0 cm³/mol. The molecule has 0 amide bonds. The minimum Gasteiger partial charge on any atom is -0.467 e. The van der Waals surface area contributed by atoms with Crippen LogP contribution in [0.15, 0.2) is 0 Å². The molecule has 0 radical (unpaired) electrons. The second kappa shape index (κ2) is 5.35. The van der Waals surface area contributed by atoms with Crippen molar-refractivity contribution in [3.05, 3.63) is 0 Å². The normalized spacial score (nSPS) is 19.5. The van der Waals surface area contributed by atoms with E-state index >= 15 is 0 Å². The molecule has 2 rings (SSSR count). The van der Waals surface area contributed by atoms with E-state index in [1.165, 1.54) is 14.2 Å². The van der Waals surface area contributed by atoms with Crippen molar-refractivity contribution >= 4 is 17.5 Å². The second-order valence-corrected chi connectivity index (χ2v) is 4.06. The maximum atomic E-state index is 5.92. The zero-order chi connectivity index (χ0) is 12.3. The Bertz CT molecular complexity index is 368. The van der Waals surface area contributed by atoms with E-state index < -0.39 is 0 Å². The standard InChI is InChI=1S/C10H15ClN4O2/c1-16-9-12-8(13-10(14-9)17-2)15-5-3-4-7(15)6-11/h7H,3-6H2,1-2H3. The monoisotopic (exact) mass is 258 g/mol. The Kier molecular flexibility index (Phi) is 3.83. The second-order valence-electron chi connectivity index (χ2n) is 3.75. The molecule has 7 heteroatoms. The van der Waals surface area contributed by atoms with Gasteiger partial charge in [-0.05, 0) is 12.8 Å². The molecule has 1 fully saturated rings. The minimum atomic E-state index is 0.257. The zero-order valence-electron chi connectivity index (χ0n) is 9.89. The summed E-state index contributed by atoms with van der Waals surface area (Å²) < 4.78 is 10.0. The Morgan fingerprint density at radius 2 is 1.88 bits per heavy atom. The molecule has 1 aromatic heterocycles. The summed E-state index contributed by atoms with van der Waals surface area (Å²) >= 11 is 5.92. The molecule has 1 saturated heterocycles. The van der Waals surface area contributed by atoms with Gasteiger partial charge >= 0.3 is 12.0 Å². The van der Waals surface area contributed by atoms with E-state index in [4.69, 9.17) is 21.1 Å². The number of nitrogens with zero attached hydrogens (tertiary/aromatic N) is 4. The summed E-state index contributed by atoms with van der Waals surface area (Å²) in [5.41, 5.74) is 0. The third-order valence-corrected chi connectivity index (χ3v) is 3.12. The molecule has 0 saturated carbocycles. The van der Waals surface area contributed by atoms with Crippen molar-refractivity contribution in [1.29, 1.82) is 0 Å². The molecule has 1 unspecified atom stereocenters. The fraction of sp³-hybridized carbons (Fsp3) is 0.700. The molecule has 0 N–H and O–H groups in total. The van der Waals surface area contributed by atoms with Crippen molar-refractivity contribution in [2.24, 2.45) is 0 Å². The molecule has 1 aliphatic rings. The van der Waals surface area contributed by atoms with Gasteiger partial charge in [-0.2, -0.15) is 9.97 Å². The number of rotatable bonds is 4. The molecule has 1 aliphatic heterocycles. The zero-order valence-corrected chi connectivity index (χ0v) is 10.6. The number of halogens is 1. The lowest BCUT2D eigenvalue weighted by Gasteiger charge is -2.22. The molecular formula is C10H15ClN4O2. The van der Waals surface area contributed by atoms with E-state index in [9.17, 15) is 0 Å². The van der Waals surface area contributed by atoms with Gasteiger partial charge in [0.05, 0.1) is 14.2 Å². The van der Waals surface area contributed by atoms with Crippen LogP contribution in [-0.4, -0.2) is 47.6 Å². The van der Waals surface area contributed by atoms with Gasteiger partial charge in [-0.1, -0.05) is 0 Å². The van der Waals surface area contributed by atoms with Gasteiger partial charge in [0.2, 0.25) is 5.95 Å². The highest BCUT2D eigenvalue weighted by Crippen LogP contribution is 2.25. The van der Waals surface area contributed by atoms with E-state index in [2.05, 4.69) is 19.9 Å². The molecule has 94 valence electrons. The third kappa shape index (κ3) is 2.52. The van der Waals surface area contributed by atoms with Crippen LogP contribution in [0.3, 0.4) is 0 Å². The van der Waals surface area contributed by atoms with Crippen LogP contribution in [0.2, 0.25) is 0 Å². The van der Waals surface area contributed by atoms with Crippen LogP contribution in [-0.2, 0) is 0 Å². The Morgan fingerprint density at radius 1 is 1.24 bits per heavy atom. The van der Waals surface area contributed by atoms with E-state index in [0.29, 0.717) is 11.8 Å². The minimum absolute atomic E-state index is 0.257. The average Bonchev–Trinajstić information content (AvgIpc) is 2.86. The van der Waals surface area contributed by atoms with Gasteiger partial charge in [0.25, 0.3) is 0 Å². The predicted octanol–water partition coefficient (Wildman–Crippen LogP) is 1.10. The van der Waals surface area contributed by atoms with Gasteiger partial charge < -0.3 is 14.4 Å². The number of hydrogen-bond acceptors (Lipinski definition) is 6. The van der Waals surface area contributed by atoms with Gasteiger partial charge in [-0.3, -0.25) is 0 Å². The molecule has 17 heavy (non-hydrogen) atoms. The largest absolute Gasteiger partial charge is 0.467 e. The van der Waals surface area contributed by atoms with Crippen LogP contribution in [0, 0.1) is 0 Å². The molecule has 6 nitrogen and oxygen atoms in total. The maximum absolute atomic E-state index is 5.92. The highest BCUT2D eigenvalue weighted by Gasteiger charge is 2.27. The fourth-order valence-electron chi connectivity index (χ4n) is 1.90. The summed E-state index contributed by atoms with van der Waals surface area (Å²) in [5, 5.41) is 0. The summed E-state index contributed by atoms with van der Waals surface area (Å²) in [5.74, 6) is 1.13. The SMILES string of the molecule is COc1nc(OC)nc(N2CCCC2CCl)n1.